The Morgan fingerprint density at radius 1 is 1.00 bits per heavy atom. The molecule has 2 aromatic heterocycles. The van der Waals surface area contributed by atoms with Gasteiger partial charge in [0, 0.05) is 30.2 Å². The summed E-state index contributed by atoms with van der Waals surface area (Å²) in [6.45, 7) is 1.96. The van der Waals surface area contributed by atoms with Gasteiger partial charge in [-0.2, -0.15) is 0 Å². The van der Waals surface area contributed by atoms with E-state index >= 15 is 0 Å². The summed E-state index contributed by atoms with van der Waals surface area (Å²) in [4.78, 5) is 14.2. The molecule has 1 radical (unpaired) electrons. The van der Waals surface area contributed by atoms with Crippen LogP contribution in [-0.2, 0) is 0 Å². The predicted molar refractivity (Wildman–Crippen MR) is 89.1 cm³/mol. The molecule has 0 unspecified atom stereocenters. The molecule has 3 heterocycles. The molecule has 4 nitrogen and oxygen atoms in total. The first kappa shape index (κ1) is 13.6. The van der Waals surface area contributed by atoms with Crippen LogP contribution in [0.2, 0.25) is 5.02 Å². The van der Waals surface area contributed by atoms with Gasteiger partial charge in [-0.25, -0.2) is 9.97 Å². The first-order chi connectivity index (χ1) is 10.8. The molecule has 0 saturated carbocycles. The van der Waals surface area contributed by atoms with Crippen molar-refractivity contribution in [2.24, 2.45) is 0 Å². The number of aromatic amines is 1. The van der Waals surface area contributed by atoms with Crippen LogP contribution in [0.15, 0.2) is 42.9 Å². The third-order valence-corrected chi connectivity index (χ3v) is 4.50. The number of nitrogens with zero attached hydrogens (tertiary/aromatic N) is 3. The van der Waals surface area contributed by atoms with Gasteiger partial charge in [0.25, 0.3) is 0 Å². The zero-order valence-electron chi connectivity index (χ0n) is 12.1. The van der Waals surface area contributed by atoms with Crippen LogP contribution in [0.4, 0.5) is 5.82 Å². The monoisotopic (exact) mass is 311 g/mol. The molecule has 0 amide bonds. The van der Waals surface area contributed by atoms with E-state index < -0.39 is 0 Å². The molecular formula is C17H16ClN4. The smallest absolute Gasteiger partial charge is 0.142 e. The number of anilines is 1. The normalized spacial score (nSPS) is 16.3. The molecule has 3 aromatic rings. The van der Waals surface area contributed by atoms with Gasteiger partial charge in [-0.3, -0.25) is 0 Å². The second-order valence-corrected chi connectivity index (χ2v) is 5.97. The van der Waals surface area contributed by atoms with Crippen LogP contribution in [0.5, 0.6) is 0 Å². The zero-order valence-corrected chi connectivity index (χ0v) is 12.8. The lowest BCUT2D eigenvalue weighted by atomic mass is 9.89. The number of hydrogen-bond donors (Lipinski definition) is 1. The maximum Gasteiger partial charge on any atom is 0.142 e. The highest BCUT2D eigenvalue weighted by Crippen LogP contribution is 2.31. The zero-order chi connectivity index (χ0) is 14.9. The Balaban J connectivity index is 1.52. The first-order valence-electron chi connectivity index (χ1n) is 7.45. The summed E-state index contributed by atoms with van der Waals surface area (Å²) in [5.74, 6) is 2.52. The molecule has 4 rings (SSSR count). The quantitative estimate of drug-likeness (QED) is 0.782. The number of rotatable bonds is 2. The molecular weight excluding hydrogens is 296 g/mol. The summed E-state index contributed by atoms with van der Waals surface area (Å²) in [7, 11) is 0. The Morgan fingerprint density at radius 3 is 2.55 bits per heavy atom. The van der Waals surface area contributed by atoms with Crippen LogP contribution in [-0.4, -0.2) is 28.0 Å². The minimum atomic E-state index is 0.789. The molecule has 1 fully saturated rings. The molecule has 5 heteroatoms. The third kappa shape index (κ3) is 2.44. The van der Waals surface area contributed by atoms with Gasteiger partial charge >= 0.3 is 0 Å². The van der Waals surface area contributed by atoms with Crippen LogP contribution in [0.25, 0.3) is 11.0 Å². The van der Waals surface area contributed by atoms with E-state index in [0.717, 1.165) is 47.8 Å². The van der Waals surface area contributed by atoms with E-state index in [1.165, 1.54) is 11.5 Å². The molecule has 1 aromatic carbocycles. The van der Waals surface area contributed by atoms with E-state index in [1.807, 2.05) is 24.4 Å². The average molecular weight is 312 g/mol. The number of nitrogens with one attached hydrogen (secondary N) is 1. The van der Waals surface area contributed by atoms with Gasteiger partial charge < -0.3 is 9.88 Å². The van der Waals surface area contributed by atoms with Crippen LogP contribution >= 0.6 is 11.6 Å². The number of fused-ring (bicyclic) bond motifs is 1. The predicted octanol–water partition coefficient (Wildman–Crippen LogP) is 3.83. The number of halogens is 1. The van der Waals surface area contributed by atoms with Crippen LogP contribution in [0.1, 0.15) is 18.4 Å². The van der Waals surface area contributed by atoms with Crippen molar-refractivity contribution in [3.05, 3.63) is 59.4 Å². The fourth-order valence-corrected chi connectivity index (χ4v) is 3.20. The molecule has 1 N–H and O–H groups in total. The van der Waals surface area contributed by atoms with Crippen molar-refractivity contribution in [1.82, 2.24) is 15.0 Å². The van der Waals surface area contributed by atoms with Gasteiger partial charge in [-0.05, 0) is 36.6 Å². The van der Waals surface area contributed by atoms with Gasteiger partial charge in [0.1, 0.15) is 17.8 Å². The summed E-state index contributed by atoms with van der Waals surface area (Å²) in [5.41, 5.74) is 2.20. The maximum absolute atomic E-state index is 5.96. The summed E-state index contributed by atoms with van der Waals surface area (Å²) in [6, 6.07) is 10.2. The number of hydrogen-bond acceptors (Lipinski definition) is 3. The fraction of sp³-hybridized carbons (Fsp3) is 0.235. The van der Waals surface area contributed by atoms with E-state index in [4.69, 9.17) is 11.6 Å². The third-order valence-electron chi connectivity index (χ3n) is 4.25. The lowest BCUT2D eigenvalue weighted by Gasteiger charge is -2.32. The Bertz CT molecular complexity index is 773. The van der Waals surface area contributed by atoms with E-state index in [-0.39, 0.29) is 0 Å². The molecule has 1 saturated heterocycles. The molecule has 1 aliphatic heterocycles. The summed E-state index contributed by atoms with van der Waals surface area (Å²) in [5, 5.41) is 1.88. The molecule has 22 heavy (non-hydrogen) atoms. The number of aromatic nitrogens is 3. The van der Waals surface area contributed by atoms with Crippen LogP contribution < -0.4 is 4.90 Å². The lowest BCUT2D eigenvalue weighted by Crippen LogP contribution is -2.33. The Morgan fingerprint density at radius 2 is 1.77 bits per heavy atom. The highest BCUT2D eigenvalue weighted by molar-refractivity contribution is 6.30. The SMILES string of the molecule is Clc1ccc([C]2CCN(c3ncnc4[nH]ccc34)CC2)cc1. The lowest BCUT2D eigenvalue weighted by molar-refractivity contribution is 0.625. The van der Waals surface area contributed by atoms with Crippen molar-refractivity contribution in [3.8, 4) is 0 Å². The van der Waals surface area contributed by atoms with Crippen molar-refractivity contribution in [3.63, 3.8) is 0 Å². The fourth-order valence-electron chi connectivity index (χ4n) is 3.07. The van der Waals surface area contributed by atoms with Crippen molar-refractivity contribution < 1.29 is 0 Å². The maximum atomic E-state index is 5.96. The summed E-state index contributed by atoms with van der Waals surface area (Å²) < 4.78 is 0. The standard InChI is InChI=1S/C17H16ClN4/c18-14-3-1-12(2-4-14)13-6-9-22(10-7-13)17-15-5-8-19-16(15)20-11-21-17/h1-5,8,11H,6-7,9-10H2,(H,19,20,21). The average Bonchev–Trinajstić information content (AvgIpc) is 3.04. The molecule has 0 bridgehead atoms. The minimum absolute atomic E-state index is 0.789. The van der Waals surface area contributed by atoms with Gasteiger partial charge in [0.2, 0.25) is 0 Å². The van der Waals surface area contributed by atoms with Gasteiger partial charge in [-0.15, -0.1) is 0 Å². The van der Waals surface area contributed by atoms with E-state index in [2.05, 4.69) is 32.0 Å². The van der Waals surface area contributed by atoms with Crippen molar-refractivity contribution in [1.29, 1.82) is 0 Å². The molecule has 111 valence electrons. The largest absolute Gasteiger partial charge is 0.356 e. The van der Waals surface area contributed by atoms with E-state index in [0.29, 0.717) is 0 Å². The number of piperidine rings is 1. The van der Waals surface area contributed by atoms with Gasteiger partial charge in [0.05, 0.1) is 5.39 Å². The van der Waals surface area contributed by atoms with Gasteiger partial charge in [-0.1, -0.05) is 23.7 Å². The number of H-pyrrole nitrogens is 1. The topological polar surface area (TPSA) is 44.8 Å². The second kappa shape index (κ2) is 5.61. The van der Waals surface area contributed by atoms with Gasteiger partial charge in [0.15, 0.2) is 0 Å². The summed E-state index contributed by atoms with van der Waals surface area (Å²) >= 11 is 5.96. The highest BCUT2D eigenvalue weighted by Gasteiger charge is 2.23. The Kier molecular flexibility index (Phi) is 3.47. The van der Waals surface area contributed by atoms with Crippen LogP contribution in [0, 0.1) is 5.92 Å². The van der Waals surface area contributed by atoms with Crippen molar-refractivity contribution in [2.45, 2.75) is 12.8 Å². The van der Waals surface area contributed by atoms with Crippen molar-refractivity contribution in [2.75, 3.05) is 18.0 Å². The second-order valence-electron chi connectivity index (χ2n) is 5.53. The number of benzene rings is 1. The first-order valence-corrected chi connectivity index (χ1v) is 7.83. The van der Waals surface area contributed by atoms with Crippen molar-refractivity contribution >= 4 is 28.5 Å². The van der Waals surface area contributed by atoms with E-state index in [1.54, 1.807) is 6.33 Å². The van der Waals surface area contributed by atoms with Crippen LogP contribution in [0.3, 0.4) is 0 Å². The molecule has 1 aliphatic rings. The Labute approximate surface area is 134 Å². The molecule has 0 aliphatic carbocycles. The highest BCUT2D eigenvalue weighted by atomic mass is 35.5. The molecule has 0 spiro atoms. The molecule has 0 atom stereocenters. The van der Waals surface area contributed by atoms with E-state index in [9.17, 15) is 0 Å². The Hall–Kier alpha value is -2.07. The summed E-state index contributed by atoms with van der Waals surface area (Å²) in [6.07, 6.45) is 5.65. The minimum Gasteiger partial charge on any atom is -0.356 e.